The number of oxime groups is 1. The van der Waals surface area contributed by atoms with Crippen LogP contribution in [0.1, 0.15) is 99.3 Å². The van der Waals surface area contributed by atoms with Crippen molar-refractivity contribution in [3.63, 3.8) is 0 Å². The van der Waals surface area contributed by atoms with Crippen molar-refractivity contribution in [1.82, 2.24) is 15.2 Å². The largest absolute Gasteiger partial charge is 0.497 e. The van der Waals surface area contributed by atoms with Crippen molar-refractivity contribution in [2.45, 2.75) is 110 Å². The fraction of sp³-hybridized carbons (Fsp3) is 0.300. The van der Waals surface area contributed by atoms with E-state index in [9.17, 15) is 28.8 Å². The molecule has 490 valence electrons. The second kappa shape index (κ2) is 30.0. The molecule has 2 aliphatic rings. The van der Waals surface area contributed by atoms with Gasteiger partial charge in [-0.2, -0.15) is 0 Å². The first-order chi connectivity index (χ1) is 44.8. The Morgan fingerprint density at radius 2 is 1.23 bits per heavy atom. The minimum atomic E-state index is -1.69. The van der Waals surface area contributed by atoms with Crippen LogP contribution < -0.4 is 44.2 Å². The number of thiazole rings is 1. The van der Waals surface area contributed by atoms with Gasteiger partial charge in [-0.25, -0.2) is 23.9 Å². The van der Waals surface area contributed by atoms with Crippen LogP contribution in [-0.2, 0) is 64.6 Å². The highest BCUT2D eigenvalue weighted by atomic mass is 32.2. The number of carbonyl (C=O) groups is 6. The maximum absolute atomic E-state index is 14.4. The number of ether oxygens (including phenoxy) is 8. The lowest BCUT2D eigenvalue weighted by Gasteiger charge is -2.49. The van der Waals surface area contributed by atoms with E-state index in [1.165, 1.54) is 35.9 Å². The van der Waals surface area contributed by atoms with Crippen molar-refractivity contribution in [3.8, 4) is 28.7 Å². The molecule has 0 spiro atoms. The Morgan fingerprint density at radius 1 is 0.670 bits per heavy atom. The number of nitrogens with one attached hydrogen (secondary N) is 3. The molecule has 3 N–H and O–H groups in total. The van der Waals surface area contributed by atoms with Crippen LogP contribution in [0, 0.1) is 0 Å². The second-order valence-corrected chi connectivity index (χ2v) is 26.1. The van der Waals surface area contributed by atoms with Gasteiger partial charge in [-0.15, -0.1) is 23.1 Å². The molecule has 1 fully saturated rings. The van der Waals surface area contributed by atoms with Gasteiger partial charge in [0.25, 0.3) is 17.7 Å². The Bertz CT molecular complexity index is 3970. The number of β-lactam (4-membered cyclic amide) rings is 1. The fourth-order valence-electron chi connectivity index (χ4n) is 9.18. The molecule has 0 radical (unpaired) electrons. The zero-order valence-corrected chi connectivity index (χ0v) is 55.6. The van der Waals surface area contributed by atoms with E-state index in [4.69, 9.17) is 42.7 Å². The molecule has 2 atom stereocenters. The number of fused-ring (bicyclic) bond motifs is 1. The SMILES string of the molecule is COc1ccc(COC(=O)C2=C(/C=C/c3ccc(C[n+]4ccc(NC(=O)c5ccc(OCc6ccc(OC)cc6)c(OCc6ccc(OC)cc6)c5)cc4)cc3)CS[C@@H]3[C@H](NC(=O)/C(=N\OC(C)(C)C(=O)OC(C)(C)C)c4csc(NC(=O)OC(C)(C)C)n4)C(=O)N23)cc1. The maximum atomic E-state index is 14.4. The summed E-state index contributed by atoms with van der Waals surface area (Å²) in [5.74, 6) is -0.177. The second-order valence-electron chi connectivity index (χ2n) is 24.1. The third-order valence-electron chi connectivity index (χ3n) is 14.1. The van der Waals surface area contributed by atoms with E-state index >= 15 is 0 Å². The molecular weight excluding hydrogens is 1240 g/mol. The summed E-state index contributed by atoms with van der Waals surface area (Å²) in [6, 6.07) is 37.4. The smallest absolute Gasteiger partial charge is 0.413 e. The number of rotatable bonds is 25. The molecule has 2 aromatic heterocycles. The van der Waals surface area contributed by atoms with Gasteiger partial charge in [0.2, 0.25) is 5.60 Å². The topological polar surface area (TPSA) is 254 Å². The van der Waals surface area contributed by atoms with E-state index < -0.39 is 63.8 Å². The number of carbonyl (C=O) groups excluding carboxylic acids is 6. The summed E-state index contributed by atoms with van der Waals surface area (Å²) in [7, 11) is 4.77. The van der Waals surface area contributed by atoms with Crippen LogP contribution in [-0.4, -0.2) is 107 Å². The summed E-state index contributed by atoms with van der Waals surface area (Å²) in [6.45, 7) is 13.9. The van der Waals surface area contributed by atoms with Crippen molar-refractivity contribution in [2.24, 2.45) is 5.16 Å². The fourth-order valence-corrected chi connectivity index (χ4v) is 11.2. The van der Waals surface area contributed by atoms with Crippen LogP contribution >= 0.6 is 23.1 Å². The average molecular weight is 1320 g/mol. The number of methoxy groups -OCH3 is 3. The lowest BCUT2D eigenvalue weighted by atomic mass is 10.0. The normalized spacial score (nSPS) is 14.8. The Labute approximate surface area is 553 Å². The highest BCUT2D eigenvalue weighted by Gasteiger charge is 2.55. The molecule has 4 heterocycles. The van der Waals surface area contributed by atoms with E-state index in [-0.39, 0.29) is 48.0 Å². The van der Waals surface area contributed by atoms with Crippen LogP contribution in [0.2, 0.25) is 0 Å². The first-order valence-corrected chi connectivity index (χ1v) is 31.7. The summed E-state index contributed by atoms with van der Waals surface area (Å²) < 4.78 is 47.1. The number of aromatic nitrogens is 2. The van der Waals surface area contributed by atoms with Gasteiger partial charge >= 0.3 is 18.0 Å². The van der Waals surface area contributed by atoms with Gasteiger partial charge in [0, 0.05) is 34.4 Å². The standard InChI is InChI=1S/C70H73N7O15S2/c1-68(2,3)90-65(82)70(7,8)92-75-57(54-42-94-66(72-54)74-67(83)91-69(4,5)6)61(79)73-58-62(80)77-59(64(81)89-40-47-21-29-53(86-11)30-22-47)49(41-93-63(58)77)23-16-43-12-14-44(15-13-43)37-76-34-32-50(33-35-76)71-60(78)48-24-31-55(87-38-45-17-25-51(84-9)26-18-45)56(36-48)88-39-46-19-27-52(85-10)28-20-46/h12-36,42,58,63H,37-41H2,1-11H3,(H2,72,73,74,79,83)/p+1/b23-16+,75-57-/t58-,63-/m1/s1. The third kappa shape index (κ3) is 18.3. The summed E-state index contributed by atoms with van der Waals surface area (Å²) in [4.78, 5) is 94.0. The molecule has 7 aromatic rings. The van der Waals surface area contributed by atoms with E-state index in [0.717, 1.165) is 45.1 Å². The predicted molar refractivity (Wildman–Crippen MR) is 355 cm³/mol. The zero-order valence-electron chi connectivity index (χ0n) is 53.9. The van der Waals surface area contributed by atoms with Crippen LogP contribution in [0.15, 0.2) is 168 Å². The van der Waals surface area contributed by atoms with Gasteiger partial charge < -0.3 is 53.4 Å². The van der Waals surface area contributed by atoms with E-state index in [1.54, 1.807) is 111 Å². The number of esters is 2. The van der Waals surface area contributed by atoms with Crippen molar-refractivity contribution >= 4 is 81.5 Å². The van der Waals surface area contributed by atoms with Gasteiger partial charge in [-0.05, 0) is 138 Å². The van der Waals surface area contributed by atoms with Crippen molar-refractivity contribution < 1.29 is 76.1 Å². The number of hydrogen-bond donors (Lipinski definition) is 3. The number of amides is 4. The molecule has 2 aliphatic heterocycles. The van der Waals surface area contributed by atoms with Gasteiger partial charge in [-0.3, -0.25) is 24.6 Å². The first-order valence-electron chi connectivity index (χ1n) is 29.8. The Hall–Kier alpha value is -10.2. The summed E-state index contributed by atoms with van der Waals surface area (Å²) in [5, 5.41) is 13.1. The highest BCUT2D eigenvalue weighted by Crippen LogP contribution is 2.42. The highest BCUT2D eigenvalue weighted by molar-refractivity contribution is 8.00. The summed E-state index contributed by atoms with van der Waals surface area (Å²) in [6.07, 6.45) is 6.56. The Balaban J connectivity index is 0.875. The molecule has 5 aromatic carbocycles. The number of thioether (sulfide) groups is 1. The summed E-state index contributed by atoms with van der Waals surface area (Å²) >= 11 is 2.29. The quantitative estimate of drug-likeness (QED) is 0.0120. The molecule has 24 heteroatoms. The lowest BCUT2D eigenvalue weighted by Crippen LogP contribution is -2.71. The molecule has 0 saturated carbocycles. The minimum Gasteiger partial charge on any atom is -0.497 e. The van der Waals surface area contributed by atoms with Crippen molar-refractivity contribution in [2.75, 3.05) is 37.7 Å². The van der Waals surface area contributed by atoms with Crippen LogP contribution in [0.3, 0.4) is 0 Å². The van der Waals surface area contributed by atoms with Gasteiger partial charge in [0.15, 0.2) is 41.3 Å². The molecule has 94 heavy (non-hydrogen) atoms. The Morgan fingerprint density at radius 3 is 1.81 bits per heavy atom. The first kappa shape index (κ1) is 68.2. The number of hydrogen-bond acceptors (Lipinski definition) is 19. The zero-order chi connectivity index (χ0) is 67.3. The summed E-state index contributed by atoms with van der Waals surface area (Å²) in [5.41, 5.74) is 1.90. The monoisotopic (exact) mass is 1320 g/mol. The number of anilines is 2. The van der Waals surface area contributed by atoms with Gasteiger partial charge in [0.05, 0.1) is 27.0 Å². The number of benzene rings is 5. The molecule has 0 bridgehead atoms. The Kier molecular flexibility index (Phi) is 21.8. The van der Waals surface area contributed by atoms with E-state index in [1.807, 2.05) is 108 Å². The molecular formula is C70H74N7O15S2+. The van der Waals surface area contributed by atoms with Crippen molar-refractivity contribution in [1.29, 1.82) is 0 Å². The number of nitrogens with zero attached hydrogens (tertiary/aromatic N) is 4. The predicted octanol–water partition coefficient (Wildman–Crippen LogP) is 11.2. The minimum absolute atomic E-state index is 0.00841. The number of allylic oxidation sites excluding steroid dienone is 1. The molecule has 1 saturated heterocycles. The molecule has 0 unspecified atom stereocenters. The molecule has 22 nitrogen and oxygen atoms in total. The molecule has 9 rings (SSSR count). The number of pyridine rings is 1. The van der Waals surface area contributed by atoms with Crippen LogP contribution in [0.5, 0.6) is 28.7 Å². The third-order valence-corrected chi connectivity index (χ3v) is 16.2. The van der Waals surface area contributed by atoms with Crippen LogP contribution in [0.25, 0.3) is 6.08 Å². The van der Waals surface area contributed by atoms with Gasteiger partial charge in [-0.1, -0.05) is 78.0 Å². The van der Waals surface area contributed by atoms with Gasteiger partial charge in [0.1, 0.15) is 71.1 Å². The van der Waals surface area contributed by atoms with E-state index in [0.29, 0.717) is 46.2 Å². The van der Waals surface area contributed by atoms with Crippen molar-refractivity contribution in [3.05, 3.63) is 202 Å². The molecule has 4 amide bonds. The van der Waals surface area contributed by atoms with E-state index in [2.05, 4.69) is 26.1 Å². The molecule has 0 aliphatic carbocycles. The van der Waals surface area contributed by atoms with Crippen LogP contribution in [0.4, 0.5) is 15.6 Å². The lowest BCUT2D eigenvalue weighted by molar-refractivity contribution is -0.688. The average Bonchev–Trinajstić information content (AvgIpc) is 0.769. The maximum Gasteiger partial charge on any atom is 0.413 e.